The van der Waals surface area contributed by atoms with Crippen molar-refractivity contribution in [2.75, 3.05) is 0 Å². The van der Waals surface area contributed by atoms with Crippen LogP contribution in [-0.2, 0) is 14.3 Å². The molecule has 0 fully saturated rings. The molecule has 0 radical (unpaired) electrons. The number of carboxylic acid groups (broad SMARTS) is 1. The molecule has 0 aliphatic carbocycles. The molecular formula is C17H21NO4. The summed E-state index contributed by atoms with van der Waals surface area (Å²) in [6.07, 6.45) is 4.78. The lowest BCUT2D eigenvalue weighted by molar-refractivity contribution is -0.148. The molecule has 0 saturated heterocycles. The second kappa shape index (κ2) is 7.54. The fourth-order valence-electron chi connectivity index (χ4n) is 1.62. The summed E-state index contributed by atoms with van der Waals surface area (Å²) in [7, 11) is 0. The van der Waals surface area contributed by atoms with Gasteiger partial charge in [0.2, 0.25) is 0 Å². The maximum Gasteiger partial charge on any atom is 0.331 e. The van der Waals surface area contributed by atoms with E-state index >= 15 is 0 Å². The van der Waals surface area contributed by atoms with Gasteiger partial charge in [0.1, 0.15) is 5.60 Å². The highest BCUT2D eigenvalue weighted by atomic mass is 16.6. The number of aliphatic carboxylic acids is 1. The van der Waals surface area contributed by atoms with E-state index < -0.39 is 17.5 Å². The first-order valence-corrected chi connectivity index (χ1v) is 7.03. The van der Waals surface area contributed by atoms with Crippen molar-refractivity contribution in [3.05, 3.63) is 41.2 Å². The molecule has 0 amide bonds. The zero-order valence-electron chi connectivity index (χ0n) is 13.3. The summed E-state index contributed by atoms with van der Waals surface area (Å²) in [6.45, 7) is 7.15. The Balaban J connectivity index is 2.89. The van der Waals surface area contributed by atoms with Gasteiger partial charge in [-0.2, -0.15) is 0 Å². The third-order valence-corrected chi connectivity index (χ3v) is 2.57. The van der Waals surface area contributed by atoms with E-state index in [2.05, 4.69) is 4.98 Å². The first-order chi connectivity index (χ1) is 10.2. The number of carboxylic acids is 1. The van der Waals surface area contributed by atoms with Crippen LogP contribution in [0.2, 0.25) is 0 Å². The van der Waals surface area contributed by atoms with Crippen molar-refractivity contribution in [3.63, 3.8) is 0 Å². The third kappa shape index (κ3) is 6.35. The van der Waals surface area contributed by atoms with Crippen LogP contribution in [0.25, 0.3) is 12.2 Å². The van der Waals surface area contributed by atoms with Crippen molar-refractivity contribution in [1.29, 1.82) is 0 Å². The summed E-state index contributed by atoms with van der Waals surface area (Å²) in [6, 6.07) is 5.19. The van der Waals surface area contributed by atoms with Gasteiger partial charge in [-0.1, -0.05) is 13.0 Å². The Hall–Kier alpha value is -2.43. The molecule has 0 bridgehead atoms. The molecule has 118 valence electrons. The lowest BCUT2D eigenvalue weighted by Crippen LogP contribution is -2.22. The van der Waals surface area contributed by atoms with Gasteiger partial charge >= 0.3 is 11.9 Å². The van der Waals surface area contributed by atoms with Gasteiger partial charge in [0.15, 0.2) is 0 Å². The van der Waals surface area contributed by atoms with E-state index in [-0.39, 0.29) is 5.57 Å². The van der Waals surface area contributed by atoms with Crippen molar-refractivity contribution in [2.45, 2.75) is 39.7 Å². The minimum absolute atomic E-state index is 0.278. The van der Waals surface area contributed by atoms with Crippen molar-refractivity contribution < 1.29 is 19.4 Å². The molecule has 1 aromatic heterocycles. The third-order valence-electron chi connectivity index (χ3n) is 2.57. The standard InChI is InChI=1S/C17H21NO4/c1-5-12(16(20)21)11-14-8-6-7-13(18-14)9-10-15(19)22-17(2,3)4/h6-11H,5H2,1-4H3,(H,20,21). The molecule has 0 saturated carbocycles. The number of esters is 1. The van der Waals surface area contributed by atoms with E-state index in [9.17, 15) is 9.59 Å². The van der Waals surface area contributed by atoms with Crippen molar-refractivity contribution in [2.24, 2.45) is 0 Å². The number of aromatic nitrogens is 1. The smallest absolute Gasteiger partial charge is 0.331 e. The normalized spacial score (nSPS) is 12.5. The Morgan fingerprint density at radius 1 is 1.27 bits per heavy atom. The topological polar surface area (TPSA) is 76.5 Å². The average molecular weight is 303 g/mol. The van der Waals surface area contributed by atoms with Gasteiger partial charge in [0.25, 0.3) is 0 Å². The molecule has 0 aliphatic heterocycles. The molecule has 22 heavy (non-hydrogen) atoms. The maximum atomic E-state index is 11.6. The van der Waals surface area contributed by atoms with E-state index in [1.807, 2.05) is 0 Å². The Kier molecular flexibility index (Phi) is 6.04. The molecule has 1 rings (SSSR count). The second-order valence-corrected chi connectivity index (χ2v) is 5.68. The Bertz CT molecular complexity index is 609. The maximum absolute atomic E-state index is 11.6. The predicted octanol–water partition coefficient (Wildman–Crippen LogP) is 3.31. The van der Waals surface area contributed by atoms with Crippen LogP contribution in [0.5, 0.6) is 0 Å². The summed E-state index contributed by atoms with van der Waals surface area (Å²) in [4.78, 5) is 26.9. The van der Waals surface area contributed by atoms with E-state index in [0.717, 1.165) is 0 Å². The summed E-state index contributed by atoms with van der Waals surface area (Å²) in [5.41, 5.74) is 0.823. The number of carbonyl (C=O) groups excluding carboxylic acids is 1. The number of rotatable bonds is 5. The quantitative estimate of drug-likeness (QED) is 0.667. The molecule has 0 unspecified atom stereocenters. The Morgan fingerprint density at radius 2 is 1.91 bits per heavy atom. The van der Waals surface area contributed by atoms with Gasteiger partial charge in [0.05, 0.1) is 11.4 Å². The first-order valence-electron chi connectivity index (χ1n) is 7.03. The highest BCUT2D eigenvalue weighted by Crippen LogP contribution is 2.11. The van der Waals surface area contributed by atoms with E-state index in [1.165, 1.54) is 18.2 Å². The minimum atomic E-state index is -0.959. The number of hydrogen-bond donors (Lipinski definition) is 1. The average Bonchev–Trinajstić information content (AvgIpc) is 2.41. The number of pyridine rings is 1. The fraction of sp³-hybridized carbons (Fsp3) is 0.353. The van der Waals surface area contributed by atoms with E-state index in [0.29, 0.717) is 17.8 Å². The molecule has 5 nitrogen and oxygen atoms in total. The van der Waals surface area contributed by atoms with Gasteiger partial charge < -0.3 is 9.84 Å². The first kappa shape index (κ1) is 17.6. The largest absolute Gasteiger partial charge is 0.478 e. The van der Waals surface area contributed by atoms with Gasteiger partial charge in [-0.25, -0.2) is 14.6 Å². The number of ether oxygens (including phenoxy) is 1. The molecule has 5 heteroatoms. The predicted molar refractivity (Wildman–Crippen MR) is 85.0 cm³/mol. The van der Waals surface area contributed by atoms with Crippen LogP contribution >= 0.6 is 0 Å². The van der Waals surface area contributed by atoms with Crippen LogP contribution in [0.3, 0.4) is 0 Å². The van der Waals surface area contributed by atoms with Crippen LogP contribution in [-0.4, -0.2) is 27.6 Å². The van der Waals surface area contributed by atoms with Gasteiger partial charge in [-0.15, -0.1) is 0 Å². The highest BCUT2D eigenvalue weighted by molar-refractivity contribution is 5.91. The molecule has 0 atom stereocenters. The summed E-state index contributed by atoms with van der Waals surface area (Å²) in [5, 5.41) is 9.02. The summed E-state index contributed by atoms with van der Waals surface area (Å²) >= 11 is 0. The van der Waals surface area contributed by atoms with Crippen molar-refractivity contribution in [1.82, 2.24) is 4.98 Å². The summed E-state index contributed by atoms with van der Waals surface area (Å²) < 4.78 is 5.16. The van der Waals surface area contributed by atoms with E-state index in [1.54, 1.807) is 45.9 Å². The molecule has 0 spiro atoms. The van der Waals surface area contributed by atoms with Gasteiger partial charge in [-0.3, -0.25) is 0 Å². The van der Waals surface area contributed by atoms with Gasteiger partial charge in [0, 0.05) is 11.6 Å². The Morgan fingerprint density at radius 3 is 2.45 bits per heavy atom. The van der Waals surface area contributed by atoms with Gasteiger partial charge in [-0.05, 0) is 51.5 Å². The van der Waals surface area contributed by atoms with Crippen LogP contribution in [0.4, 0.5) is 0 Å². The minimum Gasteiger partial charge on any atom is -0.478 e. The van der Waals surface area contributed by atoms with Crippen LogP contribution in [0.15, 0.2) is 29.8 Å². The van der Waals surface area contributed by atoms with Crippen molar-refractivity contribution in [3.8, 4) is 0 Å². The SMILES string of the molecule is CCC(=Cc1cccc(C=CC(=O)OC(C)(C)C)n1)C(=O)O. The number of nitrogens with zero attached hydrogens (tertiary/aromatic N) is 1. The molecule has 1 N–H and O–H groups in total. The van der Waals surface area contributed by atoms with Crippen molar-refractivity contribution >= 4 is 24.1 Å². The lowest BCUT2D eigenvalue weighted by atomic mass is 10.1. The monoisotopic (exact) mass is 303 g/mol. The fourth-order valence-corrected chi connectivity index (χ4v) is 1.62. The van der Waals surface area contributed by atoms with Crippen LogP contribution in [0, 0.1) is 0 Å². The zero-order valence-corrected chi connectivity index (χ0v) is 13.3. The second-order valence-electron chi connectivity index (χ2n) is 5.68. The zero-order chi connectivity index (χ0) is 16.8. The Labute approximate surface area is 130 Å². The number of carbonyl (C=O) groups is 2. The van der Waals surface area contributed by atoms with Crippen LogP contribution < -0.4 is 0 Å². The van der Waals surface area contributed by atoms with E-state index in [4.69, 9.17) is 9.84 Å². The van der Waals surface area contributed by atoms with Crippen LogP contribution in [0.1, 0.15) is 45.5 Å². The molecule has 1 aromatic rings. The molecule has 0 aliphatic rings. The lowest BCUT2D eigenvalue weighted by Gasteiger charge is -2.17. The molecule has 1 heterocycles. The summed E-state index contributed by atoms with van der Waals surface area (Å²) in [5.74, 6) is -1.41. The molecular weight excluding hydrogens is 282 g/mol. The molecule has 0 aromatic carbocycles. The number of hydrogen-bond acceptors (Lipinski definition) is 4. The highest BCUT2D eigenvalue weighted by Gasteiger charge is 2.13.